The van der Waals surface area contributed by atoms with Crippen molar-refractivity contribution in [1.29, 1.82) is 0 Å². The molecule has 14 heteroatoms. The van der Waals surface area contributed by atoms with Crippen LogP contribution in [0.4, 0.5) is 18.9 Å². The number of fused-ring (bicyclic) bond motifs is 3. The van der Waals surface area contributed by atoms with Gasteiger partial charge in [0.15, 0.2) is 11.4 Å². The van der Waals surface area contributed by atoms with Crippen molar-refractivity contribution in [2.75, 3.05) is 11.4 Å². The van der Waals surface area contributed by atoms with Crippen LogP contribution in [-0.2, 0) is 22.3 Å². The van der Waals surface area contributed by atoms with E-state index in [9.17, 15) is 37.8 Å². The number of pyridine rings is 3. The van der Waals surface area contributed by atoms with Gasteiger partial charge in [-0.1, -0.05) is 12.1 Å². The van der Waals surface area contributed by atoms with Gasteiger partial charge in [-0.25, -0.2) is 9.97 Å². The fourth-order valence-corrected chi connectivity index (χ4v) is 5.18. The fraction of sp³-hybridized carbons (Fsp3) is 0.115. The number of ether oxygens (including phenoxy) is 1. The van der Waals surface area contributed by atoms with Gasteiger partial charge < -0.3 is 19.5 Å². The van der Waals surface area contributed by atoms with Gasteiger partial charge in [0.2, 0.25) is 12.3 Å². The summed E-state index contributed by atoms with van der Waals surface area (Å²) in [4.78, 5) is 45.7. The molecular formula is C26H17F3N4O6S. The predicted molar refractivity (Wildman–Crippen MR) is 139 cm³/mol. The molecule has 1 amide bonds. The molecule has 0 aliphatic rings. The van der Waals surface area contributed by atoms with E-state index in [1.165, 1.54) is 16.7 Å². The summed E-state index contributed by atoms with van der Waals surface area (Å²) in [6, 6.07) is 11.6. The number of benzene rings is 1. The number of nitrogens with zero attached hydrogens (tertiary/aromatic N) is 4. The van der Waals surface area contributed by atoms with Crippen LogP contribution in [0.2, 0.25) is 0 Å². The zero-order valence-electron chi connectivity index (χ0n) is 20.1. The minimum Gasteiger partial charge on any atom is -0.504 e. The maximum Gasteiger partial charge on any atom is 0.417 e. The number of aromatic hydroxyl groups is 1. The van der Waals surface area contributed by atoms with Crippen molar-refractivity contribution in [3.8, 4) is 17.4 Å². The van der Waals surface area contributed by atoms with Gasteiger partial charge in [-0.15, -0.1) is 11.3 Å². The molecule has 40 heavy (non-hydrogen) atoms. The van der Waals surface area contributed by atoms with E-state index in [0.717, 1.165) is 23.5 Å². The highest BCUT2D eigenvalue weighted by Crippen LogP contribution is 2.41. The standard InChI is InChI=1S/C26H17F3N4O6S/c27-26(28,29)15-5-8-18(31-10-15)39-16-6-3-14(4-7-16)11-33-20-17-2-1-9-30-24(17)40-23(20)22(37)21(25(33)38)32(13-34)12-19(35)36/h1-10,13,37H,11-12H2,(H,35,36). The lowest BCUT2D eigenvalue weighted by Gasteiger charge is -2.19. The van der Waals surface area contributed by atoms with Crippen molar-refractivity contribution in [1.82, 2.24) is 14.5 Å². The lowest BCUT2D eigenvalue weighted by Crippen LogP contribution is -2.35. The first-order chi connectivity index (χ1) is 19.1. The molecule has 2 N–H and O–H groups in total. The predicted octanol–water partition coefficient (Wildman–Crippen LogP) is 4.62. The quantitative estimate of drug-likeness (QED) is 0.258. The largest absolute Gasteiger partial charge is 0.504 e. The highest BCUT2D eigenvalue weighted by Gasteiger charge is 2.31. The van der Waals surface area contributed by atoms with Crippen molar-refractivity contribution in [2.24, 2.45) is 0 Å². The topological polar surface area (TPSA) is 135 Å². The van der Waals surface area contributed by atoms with Crippen molar-refractivity contribution < 1.29 is 37.7 Å². The van der Waals surface area contributed by atoms with E-state index in [1.807, 2.05) is 0 Å². The summed E-state index contributed by atoms with van der Waals surface area (Å²) < 4.78 is 45.4. The van der Waals surface area contributed by atoms with Crippen molar-refractivity contribution in [2.45, 2.75) is 12.7 Å². The van der Waals surface area contributed by atoms with Gasteiger partial charge >= 0.3 is 12.1 Å². The fourth-order valence-electron chi connectivity index (χ4n) is 4.09. The number of carbonyl (C=O) groups is 2. The summed E-state index contributed by atoms with van der Waals surface area (Å²) in [6.45, 7) is -0.882. The van der Waals surface area contributed by atoms with E-state index in [4.69, 9.17) is 4.74 Å². The number of halogens is 3. The molecule has 5 rings (SSSR count). The summed E-state index contributed by atoms with van der Waals surface area (Å²) >= 11 is 1.08. The van der Waals surface area contributed by atoms with Gasteiger partial charge in [0, 0.05) is 23.8 Å². The van der Waals surface area contributed by atoms with Gasteiger partial charge in [0.25, 0.3) is 5.56 Å². The van der Waals surface area contributed by atoms with Gasteiger partial charge in [0.05, 0.1) is 22.3 Å². The molecule has 0 saturated carbocycles. The molecule has 0 saturated heterocycles. The first-order valence-corrected chi connectivity index (χ1v) is 12.2. The number of hydrogen-bond acceptors (Lipinski definition) is 8. The zero-order valence-corrected chi connectivity index (χ0v) is 20.9. The first kappa shape index (κ1) is 26.6. The molecule has 0 aliphatic carbocycles. The Bertz CT molecular complexity index is 1800. The number of aliphatic carboxylic acids is 1. The van der Waals surface area contributed by atoms with E-state index < -0.39 is 41.2 Å². The molecule has 204 valence electrons. The Hall–Kier alpha value is -4.98. The SMILES string of the molecule is O=CN(CC(=O)O)c1c(O)c2sc3ncccc3c2n(Cc2ccc(Oc3ccc(C(F)(F)F)cn3)cc2)c1=O. The molecule has 4 aromatic heterocycles. The number of thiophene rings is 1. The number of aromatic nitrogens is 3. The smallest absolute Gasteiger partial charge is 0.417 e. The summed E-state index contributed by atoms with van der Waals surface area (Å²) in [5.41, 5.74) is -1.24. The lowest BCUT2D eigenvalue weighted by atomic mass is 10.2. The van der Waals surface area contributed by atoms with E-state index >= 15 is 0 Å². The number of rotatable bonds is 8. The Morgan fingerprint density at radius 2 is 1.88 bits per heavy atom. The number of carboxylic acids is 1. The van der Waals surface area contributed by atoms with Crippen LogP contribution in [0.25, 0.3) is 20.4 Å². The summed E-state index contributed by atoms with van der Waals surface area (Å²) in [7, 11) is 0. The molecule has 10 nitrogen and oxygen atoms in total. The molecule has 0 spiro atoms. The van der Waals surface area contributed by atoms with Gasteiger partial charge in [-0.05, 0) is 35.9 Å². The molecule has 0 radical (unpaired) electrons. The van der Waals surface area contributed by atoms with E-state index in [-0.39, 0.29) is 29.3 Å². The summed E-state index contributed by atoms with van der Waals surface area (Å²) in [6.07, 6.45) is -2.15. The third-order valence-electron chi connectivity index (χ3n) is 5.87. The zero-order chi connectivity index (χ0) is 28.6. The number of carboxylic acid groups (broad SMARTS) is 1. The van der Waals surface area contributed by atoms with Crippen LogP contribution in [0.1, 0.15) is 11.1 Å². The van der Waals surface area contributed by atoms with Crippen molar-refractivity contribution >= 4 is 49.8 Å². The monoisotopic (exact) mass is 570 g/mol. The Labute approximate surface area is 226 Å². The molecular weight excluding hydrogens is 553 g/mol. The number of carbonyl (C=O) groups excluding carboxylic acids is 1. The van der Waals surface area contributed by atoms with Crippen LogP contribution in [0.3, 0.4) is 0 Å². The molecule has 0 aliphatic heterocycles. The molecule has 1 aromatic carbocycles. The average Bonchev–Trinajstić information content (AvgIpc) is 3.31. The Balaban J connectivity index is 1.53. The normalized spacial score (nSPS) is 11.6. The van der Waals surface area contributed by atoms with E-state index in [2.05, 4.69) is 9.97 Å². The number of anilines is 1. The minimum atomic E-state index is -4.52. The molecule has 0 fully saturated rings. The lowest BCUT2D eigenvalue weighted by molar-refractivity contribution is -0.138. The molecule has 0 unspecified atom stereocenters. The van der Waals surface area contributed by atoms with Crippen LogP contribution < -0.4 is 15.2 Å². The van der Waals surface area contributed by atoms with E-state index in [0.29, 0.717) is 32.4 Å². The highest BCUT2D eigenvalue weighted by atomic mass is 32.1. The first-order valence-electron chi connectivity index (χ1n) is 11.4. The second-order valence-electron chi connectivity index (χ2n) is 8.48. The van der Waals surface area contributed by atoms with Crippen LogP contribution in [0.15, 0.2) is 65.7 Å². The van der Waals surface area contributed by atoms with Crippen LogP contribution in [-0.4, -0.2) is 43.7 Å². The number of amides is 1. The van der Waals surface area contributed by atoms with Gasteiger partial charge in [0.1, 0.15) is 17.1 Å². The Morgan fingerprint density at radius 1 is 1.12 bits per heavy atom. The molecule has 5 aromatic rings. The van der Waals surface area contributed by atoms with Crippen molar-refractivity contribution in [3.63, 3.8) is 0 Å². The molecule has 4 heterocycles. The van der Waals surface area contributed by atoms with Crippen LogP contribution >= 0.6 is 11.3 Å². The van der Waals surface area contributed by atoms with Gasteiger partial charge in [-0.2, -0.15) is 13.2 Å². The highest BCUT2D eigenvalue weighted by molar-refractivity contribution is 7.25. The van der Waals surface area contributed by atoms with Crippen LogP contribution in [0.5, 0.6) is 17.4 Å². The van der Waals surface area contributed by atoms with Crippen molar-refractivity contribution in [3.05, 3.63) is 82.4 Å². The molecule has 0 atom stereocenters. The molecule has 0 bridgehead atoms. The average molecular weight is 571 g/mol. The Morgan fingerprint density at radius 3 is 2.50 bits per heavy atom. The van der Waals surface area contributed by atoms with Gasteiger partial charge in [-0.3, -0.25) is 19.3 Å². The number of alkyl halides is 3. The minimum absolute atomic E-state index is 0.0398. The summed E-state index contributed by atoms with van der Waals surface area (Å²) in [5.74, 6) is -1.68. The number of hydrogen-bond donors (Lipinski definition) is 2. The Kier molecular flexibility index (Phi) is 6.85. The van der Waals surface area contributed by atoms with Crippen LogP contribution in [0, 0.1) is 0 Å². The summed E-state index contributed by atoms with van der Waals surface area (Å²) in [5, 5.41) is 20.7. The third kappa shape index (κ3) is 5.03. The van der Waals surface area contributed by atoms with E-state index in [1.54, 1.807) is 30.5 Å². The third-order valence-corrected chi connectivity index (χ3v) is 6.98. The maximum atomic E-state index is 13.6. The second kappa shape index (κ2) is 10.3. The second-order valence-corrected chi connectivity index (χ2v) is 9.48. The maximum absolute atomic E-state index is 13.6.